The molecule has 0 saturated heterocycles. The molecule has 0 atom stereocenters. The molecule has 2 heterocycles. The van der Waals surface area contributed by atoms with Crippen LogP contribution < -0.4 is 14.6 Å². The Hall–Kier alpha value is -3.32. The molecule has 7 nitrogen and oxygen atoms in total. The predicted octanol–water partition coefficient (Wildman–Crippen LogP) is 1.77. The Bertz CT molecular complexity index is 1060. The Kier molecular flexibility index (Phi) is 4.98. The zero-order valence-corrected chi connectivity index (χ0v) is 15.9. The second-order valence-electron chi connectivity index (χ2n) is 6.51. The number of nitrogens with zero attached hydrogens (tertiary/aromatic N) is 1. The molecule has 2 aliphatic heterocycles. The molecule has 0 aromatic heterocycles. The molecule has 0 bridgehead atoms. The summed E-state index contributed by atoms with van der Waals surface area (Å²) >= 11 is 6.28. The summed E-state index contributed by atoms with van der Waals surface area (Å²) in [6.07, 6.45) is 1.16. The molecule has 8 heteroatoms. The Morgan fingerprint density at radius 1 is 1.10 bits per heavy atom. The highest BCUT2D eigenvalue weighted by Gasteiger charge is 2.34. The molecule has 0 spiro atoms. The SMILES string of the molecule is O=C([O-])CCN1C(=O)/C(=C\c2cc(Cl)c3c(c2)OCCO3)c2ccccc2C1=O. The number of imide groups is 1. The first kappa shape index (κ1) is 19.0. The van der Waals surface area contributed by atoms with Gasteiger partial charge in [0.2, 0.25) is 0 Å². The van der Waals surface area contributed by atoms with Gasteiger partial charge in [-0.1, -0.05) is 29.8 Å². The number of carbonyl (C=O) groups excluding carboxylic acids is 3. The van der Waals surface area contributed by atoms with Crippen LogP contribution >= 0.6 is 11.6 Å². The number of carboxylic acids is 1. The number of ether oxygens (including phenoxy) is 2. The molecule has 29 heavy (non-hydrogen) atoms. The number of aliphatic carboxylic acids is 1. The molecule has 2 aromatic carbocycles. The average molecular weight is 413 g/mol. The van der Waals surface area contributed by atoms with Crippen LogP contribution in [0.25, 0.3) is 11.6 Å². The fraction of sp³-hybridized carbons (Fsp3) is 0.190. The first-order chi connectivity index (χ1) is 14.0. The van der Waals surface area contributed by atoms with Crippen LogP contribution in [-0.2, 0) is 9.59 Å². The van der Waals surface area contributed by atoms with Crippen LogP contribution in [0.15, 0.2) is 36.4 Å². The molecule has 2 amide bonds. The van der Waals surface area contributed by atoms with Gasteiger partial charge in [0.1, 0.15) is 13.2 Å². The molecule has 0 saturated carbocycles. The van der Waals surface area contributed by atoms with E-state index in [1.807, 2.05) is 0 Å². The summed E-state index contributed by atoms with van der Waals surface area (Å²) in [5, 5.41) is 11.2. The lowest BCUT2D eigenvalue weighted by molar-refractivity contribution is -0.305. The van der Waals surface area contributed by atoms with Crippen LogP contribution in [0.1, 0.15) is 27.9 Å². The van der Waals surface area contributed by atoms with E-state index in [0.29, 0.717) is 46.4 Å². The summed E-state index contributed by atoms with van der Waals surface area (Å²) < 4.78 is 11.1. The van der Waals surface area contributed by atoms with Gasteiger partial charge >= 0.3 is 0 Å². The van der Waals surface area contributed by atoms with Crippen molar-refractivity contribution in [3.8, 4) is 11.5 Å². The smallest absolute Gasteiger partial charge is 0.261 e. The number of halogens is 1. The highest BCUT2D eigenvalue weighted by Crippen LogP contribution is 2.40. The number of amides is 2. The molecule has 0 unspecified atom stereocenters. The van der Waals surface area contributed by atoms with E-state index in [4.69, 9.17) is 21.1 Å². The van der Waals surface area contributed by atoms with Crippen molar-refractivity contribution in [1.82, 2.24) is 4.90 Å². The van der Waals surface area contributed by atoms with Crippen LogP contribution in [0.4, 0.5) is 0 Å². The van der Waals surface area contributed by atoms with Gasteiger partial charge in [-0.05, 0) is 35.4 Å². The molecule has 4 rings (SSSR count). The van der Waals surface area contributed by atoms with Crippen molar-refractivity contribution in [3.63, 3.8) is 0 Å². The lowest BCUT2D eigenvalue weighted by Crippen LogP contribution is -2.43. The summed E-state index contributed by atoms with van der Waals surface area (Å²) in [4.78, 5) is 37.5. The summed E-state index contributed by atoms with van der Waals surface area (Å²) in [6.45, 7) is 0.513. The number of hydrogen-bond donors (Lipinski definition) is 0. The second-order valence-corrected chi connectivity index (χ2v) is 6.92. The topological polar surface area (TPSA) is 96.0 Å². The summed E-state index contributed by atoms with van der Waals surface area (Å²) in [7, 11) is 0. The highest BCUT2D eigenvalue weighted by atomic mass is 35.5. The lowest BCUT2D eigenvalue weighted by atomic mass is 9.92. The van der Waals surface area contributed by atoms with Crippen molar-refractivity contribution in [1.29, 1.82) is 0 Å². The van der Waals surface area contributed by atoms with E-state index in [0.717, 1.165) is 4.90 Å². The normalized spacial score (nSPS) is 16.7. The maximum Gasteiger partial charge on any atom is 0.261 e. The van der Waals surface area contributed by atoms with Crippen molar-refractivity contribution in [2.75, 3.05) is 19.8 Å². The van der Waals surface area contributed by atoms with Gasteiger partial charge in [0.25, 0.3) is 11.8 Å². The second kappa shape index (κ2) is 7.60. The Morgan fingerprint density at radius 3 is 2.59 bits per heavy atom. The summed E-state index contributed by atoms with van der Waals surface area (Å²) in [6, 6.07) is 10.0. The van der Waals surface area contributed by atoms with E-state index in [1.54, 1.807) is 42.5 Å². The highest BCUT2D eigenvalue weighted by molar-refractivity contribution is 6.34. The maximum atomic E-state index is 13.0. The minimum Gasteiger partial charge on any atom is -0.550 e. The van der Waals surface area contributed by atoms with Crippen LogP contribution in [0, 0.1) is 0 Å². The van der Waals surface area contributed by atoms with E-state index < -0.39 is 24.2 Å². The molecular formula is C21H15ClNO6-. The molecule has 0 radical (unpaired) electrons. The van der Waals surface area contributed by atoms with Crippen molar-refractivity contribution in [3.05, 3.63) is 58.1 Å². The fourth-order valence-electron chi connectivity index (χ4n) is 3.33. The molecule has 0 aliphatic carbocycles. The lowest BCUT2D eigenvalue weighted by Gasteiger charge is -2.29. The Morgan fingerprint density at radius 2 is 1.83 bits per heavy atom. The van der Waals surface area contributed by atoms with Crippen LogP contribution in [0.5, 0.6) is 11.5 Å². The van der Waals surface area contributed by atoms with E-state index in [-0.39, 0.29) is 12.1 Å². The third-order valence-corrected chi connectivity index (χ3v) is 4.92. The summed E-state index contributed by atoms with van der Waals surface area (Å²) in [5.41, 5.74) is 1.64. The average Bonchev–Trinajstić information content (AvgIpc) is 2.71. The standard InChI is InChI=1S/C21H16ClNO6/c22-16-10-12(11-17-19(16)29-8-7-28-17)9-15-13-3-1-2-4-14(13)20(26)23(21(15)27)6-5-18(24)25/h1-4,9-11H,5-8H2,(H,24,25)/p-1/b15-9-. The van der Waals surface area contributed by atoms with Gasteiger partial charge in [0, 0.05) is 30.1 Å². The predicted molar refractivity (Wildman–Crippen MR) is 102 cm³/mol. The minimum absolute atomic E-state index is 0.256. The van der Waals surface area contributed by atoms with Crippen molar-refractivity contribution in [2.45, 2.75) is 6.42 Å². The van der Waals surface area contributed by atoms with Gasteiger partial charge in [-0.15, -0.1) is 0 Å². The van der Waals surface area contributed by atoms with Crippen LogP contribution in [0.2, 0.25) is 5.02 Å². The molecular weight excluding hydrogens is 398 g/mol. The van der Waals surface area contributed by atoms with Crippen molar-refractivity contribution >= 4 is 41.0 Å². The summed E-state index contributed by atoms with van der Waals surface area (Å²) in [5.74, 6) is -1.54. The zero-order chi connectivity index (χ0) is 20.5. The van der Waals surface area contributed by atoms with Crippen molar-refractivity contribution in [2.24, 2.45) is 0 Å². The Balaban J connectivity index is 1.80. The van der Waals surface area contributed by atoms with Gasteiger partial charge < -0.3 is 19.4 Å². The fourth-order valence-corrected chi connectivity index (χ4v) is 3.60. The molecule has 148 valence electrons. The quantitative estimate of drug-likeness (QED) is 0.561. The number of benzene rings is 2. The van der Waals surface area contributed by atoms with E-state index >= 15 is 0 Å². The van der Waals surface area contributed by atoms with Gasteiger partial charge in [-0.2, -0.15) is 0 Å². The molecule has 0 fully saturated rings. The minimum atomic E-state index is -1.34. The number of carbonyl (C=O) groups is 3. The van der Waals surface area contributed by atoms with E-state index in [1.165, 1.54) is 0 Å². The zero-order valence-electron chi connectivity index (χ0n) is 15.1. The first-order valence-electron chi connectivity index (χ1n) is 8.92. The van der Waals surface area contributed by atoms with Crippen molar-refractivity contribution < 1.29 is 29.0 Å². The van der Waals surface area contributed by atoms with E-state index in [2.05, 4.69) is 0 Å². The number of carboxylic acid groups (broad SMARTS) is 1. The van der Waals surface area contributed by atoms with E-state index in [9.17, 15) is 19.5 Å². The van der Waals surface area contributed by atoms with Crippen LogP contribution in [0.3, 0.4) is 0 Å². The Labute approximate surface area is 171 Å². The van der Waals surface area contributed by atoms with Gasteiger partial charge in [0.15, 0.2) is 11.5 Å². The largest absolute Gasteiger partial charge is 0.550 e. The number of hydrogen-bond acceptors (Lipinski definition) is 6. The molecule has 2 aromatic rings. The molecule has 0 N–H and O–H groups in total. The third-order valence-electron chi connectivity index (χ3n) is 4.64. The van der Waals surface area contributed by atoms with Gasteiger partial charge in [-0.25, -0.2) is 0 Å². The number of fused-ring (bicyclic) bond motifs is 2. The maximum absolute atomic E-state index is 13.0. The third kappa shape index (κ3) is 3.56. The number of rotatable bonds is 4. The van der Waals surface area contributed by atoms with Gasteiger partial charge in [-0.3, -0.25) is 14.5 Å². The van der Waals surface area contributed by atoms with Gasteiger partial charge in [0.05, 0.1) is 5.02 Å². The van der Waals surface area contributed by atoms with Crippen LogP contribution in [-0.4, -0.2) is 42.4 Å². The molecule has 2 aliphatic rings. The monoisotopic (exact) mass is 412 g/mol. The first-order valence-corrected chi connectivity index (χ1v) is 9.30.